The Morgan fingerprint density at radius 3 is 2.53 bits per heavy atom. The van der Waals surface area contributed by atoms with Crippen molar-refractivity contribution in [2.24, 2.45) is 0 Å². The van der Waals surface area contributed by atoms with Crippen LogP contribution in [0.25, 0.3) is 0 Å². The lowest BCUT2D eigenvalue weighted by Crippen LogP contribution is -2.51. The second kappa shape index (κ2) is 9.58. The van der Waals surface area contributed by atoms with Gasteiger partial charge in [0.2, 0.25) is 0 Å². The van der Waals surface area contributed by atoms with Gasteiger partial charge in [-0.15, -0.1) is 0 Å². The van der Waals surface area contributed by atoms with Crippen molar-refractivity contribution in [3.05, 3.63) is 76.2 Å². The van der Waals surface area contributed by atoms with Gasteiger partial charge in [-0.25, -0.2) is 14.0 Å². The highest BCUT2D eigenvalue weighted by molar-refractivity contribution is 6.30. The molecular formula is C23H24ClFN4O3. The van der Waals surface area contributed by atoms with Crippen molar-refractivity contribution in [1.29, 1.82) is 0 Å². The van der Waals surface area contributed by atoms with E-state index in [-0.39, 0.29) is 0 Å². The number of halogens is 2. The van der Waals surface area contributed by atoms with E-state index in [1.807, 2.05) is 24.3 Å². The molecule has 2 aliphatic rings. The van der Waals surface area contributed by atoms with Crippen molar-refractivity contribution in [2.75, 3.05) is 44.7 Å². The molecule has 2 aromatic rings. The number of piperazine rings is 1. The minimum atomic E-state index is -0.723. The molecule has 2 aliphatic heterocycles. The minimum Gasteiger partial charge on any atom is -0.466 e. The topological polar surface area (TPSA) is 73.9 Å². The first-order chi connectivity index (χ1) is 15.4. The lowest BCUT2D eigenvalue weighted by molar-refractivity contribution is -0.136. The number of hydrogen-bond donors (Lipinski definition) is 2. The summed E-state index contributed by atoms with van der Waals surface area (Å²) in [5, 5.41) is 6.22. The van der Waals surface area contributed by atoms with E-state index in [1.165, 1.54) is 19.2 Å². The summed E-state index contributed by atoms with van der Waals surface area (Å²) in [6.45, 7) is 3.45. The van der Waals surface area contributed by atoms with Gasteiger partial charge in [0.05, 0.1) is 18.7 Å². The highest BCUT2D eigenvalue weighted by Crippen LogP contribution is 2.29. The van der Waals surface area contributed by atoms with E-state index in [0.717, 1.165) is 31.9 Å². The third kappa shape index (κ3) is 4.87. The molecule has 0 aliphatic carbocycles. The van der Waals surface area contributed by atoms with Crippen molar-refractivity contribution in [2.45, 2.75) is 6.04 Å². The third-order valence-electron chi connectivity index (χ3n) is 5.69. The number of ether oxygens (including phenoxy) is 1. The Kier molecular flexibility index (Phi) is 6.62. The molecule has 1 fully saturated rings. The van der Waals surface area contributed by atoms with E-state index >= 15 is 0 Å². The molecule has 0 aromatic heterocycles. The van der Waals surface area contributed by atoms with Crippen LogP contribution in [0.5, 0.6) is 0 Å². The van der Waals surface area contributed by atoms with Crippen molar-refractivity contribution >= 4 is 29.3 Å². The van der Waals surface area contributed by atoms with E-state index in [1.54, 1.807) is 12.1 Å². The monoisotopic (exact) mass is 458 g/mol. The van der Waals surface area contributed by atoms with Crippen LogP contribution in [-0.2, 0) is 9.53 Å². The molecule has 1 saturated heterocycles. The fourth-order valence-corrected chi connectivity index (χ4v) is 4.24. The summed E-state index contributed by atoms with van der Waals surface area (Å²) in [6.07, 6.45) is 0. The van der Waals surface area contributed by atoms with Crippen LogP contribution in [0.1, 0.15) is 11.6 Å². The molecule has 32 heavy (non-hydrogen) atoms. The summed E-state index contributed by atoms with van der Waals surface area (Å²) in [7, 11) is 1.30. The number of benzene rings is 2. The Hall–Kier alpha value is -3.10. The molecule has 4 rings (SSSR count). The van der Waals surface area contributed by atoms with Crippen LogP contribution in [0.2, 0.25) is 5.02 Å². The van der Waals surface area contributed by atoms with Crippen LogP contribution in [0.15, 0.2) is 59.8 Å². The van der Waals surface area contributed by atoms with E-state index in [9.17, 15) is 14.0 Å². The number of amides is 2. The van der Waals surface area contributed by atoms with Crippen LogP contribution in [0.4, 0.5) is 14.9 Å². The van der Waals surface area contributed by atoms with Gasteiger partial charge in [-0.3, -0.25) is 4.90 Å². The van der Waals surface area contributed by atoms with Gasteiger partial charge in [-0.1, -0.05) is 29.8 Å². The van der Waals surface area contributed by atoms with Gasteiger partial charge in [0, 0.05) is 49.1 Å². The maximum atomic E-state index is 13.4. The van der Waals surface area contributed by atoms with Crippen LogP contribution in [0.3, 0.4) is 0 Å². The SMILES string of the molecule is COC(=O)C1=C(CN2CCN(c3cccc(Cl)c3)CC2)NC(=O)N[C@@H]1c1ccc(F)cc1. The first kappa shape index (κ1) is 22.1. The lowest BCUT2D eigenvalue weighted by Gasteiger charge is -2.38. The zero-order valence-corrected chi connectivity index (χ0v) is 18.4. The molecule has 2 aromatic carbocycles. The van der Waals surface area contributed by atoms with Gasteiger partial charge in [-0.05, 0) is 35.9 Å². The number of anilines is 1. The van der Waals surface area contributed by atoms with Crippen molar-refractivity contribution < 1.29 is 18.7 Å². The number of hydrogen-bond acceptors (Lipinski definition) is 5. The van der Waals surface area contributed by atoms with Crippen LogP contribution in [0, 0.1) is 5.82 Å². The molecule has 168 valence electrons. The van der Waals surface area contributed by atoms with Gasteiger partial charge in [0.1, 0.15) is 5.82 Å². The molecule has 7 nitrogen and oxygen atoms in total. The first-order valence-corrected chi connectivity index (χ1v) is 10.7. The summed E-state index contributed by atoms with van der Waals surface area (Å²) in [6, 6.07) is 12.3. The van der Waals surface area contributed by atoms with Crippen molar-refractivity contribution in [3.63, 3.8) is 0 Å². The Labute approximate surface area is 190 Å². The number of urea groups is 1. The highest BCUT2D eigenvalue weighted by atomic mass is 35.5. The van der Waals surface area contributed by atoms with E-state index in [4.69, 9.17) is 16.3 Å². The predicted molar refractivity (Wildman–Crippen MR) is 120 cm³/mol. The molecule has 2 N–H and O–H groups in total. The smallest absolute Gasteiger partial charge is 0.338 e. The number of nitrogens with zero attached hydrogens (tertiary/aromatic N) is 2. The van der Waals surface area contributed by atoms with Crippen LogP contribution < -0.4 is 15.5 Å². The maximum absolute atomic E-state index is 13.4. The number of rotatable bonds is 5. The largest absolute Gasteiger partial charge is 0.466 e. The molecule has 0 radical (unpaired) electrons. The van der Waals surface area contributed by atoms with Crippen LogP contribution >= 0.6 is 11.6 Å². The van der Waals surface area contributed by atoms with Gasteiger partial charge in [-0.2, -0.15) is 0 Å². The summed E-state index contributed by atoms with van der Waals surface area (Å²) in [5.74, 6) is -0.935. The average Bonchev–Trinajstić information content (AvgIpc) is 2.79. The fourth-order valence-electron chi connectivity index (χ4n) is 4.06. The zero-order valence-electron chi connectivity index (χ0n) is 17.6. The summed E-state index contributed by atoms with van der Waals surface area (Å²) < 4.78 is 18.4. The predicted octanol–water partition coefficient (Wildman–Crippen LogP) is 3.08. The van der Waals surface area contributed by atoms with Crippen molar-refractivity contribution in [1.82, 2.24) is 15.5 Å². The average molecular weight is 459 g/mol. The second-order valence-electron chi connectivity index (χ2n) is 7.71. The highest BCUT2D eigenvalue weighted by Gasteiger charge is 2.34. The summed E-state index contributed by atoms with van der Waals surface area (Å²) in [4.78, 5) is 29.5. The summed E-state index contributed by atoms with van der Waals surface area (Å²) in [5.41, 5.74) is 2.48. The molecule has 0 saturated carbocycles. The Bertz CT molecular complexity index is 1040. The van der Waals surface area contributed by atoms with Gasteiger partial charge >= 0.3 is 12.0 Å². The molecular weight excluding hydrogens is 435 g/mol. The lowest BCUT2D eigenvalue weighted by atomic mass is 9.95. The standard InChI is InChI=1S/C23H24ClFN4O3/c1-32-22(30)20-19(26-23(31)27-21(20)15-5-7-17(25)8-6-15)14-28-9-11-29(12-10-28)18-4-2-3-16(24)13-18/h2-8,13,21H,9-12,14H2,1H3,(H2,26,27,31)/t21-/m1/s1. The van der Waals surface area contributed by atoms with E-state index < -0.39 is 23.9 Å². The molecule has 2 amide bonds. The number of carbonyl (C=O) groups is 2. The molecule has 0 spiro atoms. The summed E-state index contributed by atoms with van der Waals surface area (Å²) >= 11 is 6.11. The number of nitrogens with one attached hydrogen (secondary N) is 2. The van der Waals surface area contributed by atoms with Gasteiger partial charge in [0.15, 0.2) is 0 Å². The first-order valence-electron chi connectivity index (χ1n) is 10.3. The molecule has 0 bridgehead atoms. The maximum Gasteiger partial charge on any atom is 0.338 e. The van der Waals surface area contributed by atoms with E-state index in [2.05, 4.69) is 20.4 Å². The number of esters is 1. The van der Waals surface area contributed by atoms with Crippen LogP contribution in [-0.4, -0.2) is 56.7 Å². The van der Waals surface area contributed by atoms with Gasteiger partial charge in [0.25, 0.3) is 0 Å². The van der Waals surface area contributed by atoms with Gasteiger partial charge < -0.3 is 20.3 Å². The Morgan fingerprint density at radius 1 is 1.16 bits per heavy atom. The second-order valence-corrected chi connectivity index (χ2v) is 8.15. The zero-order chi connectivity index (χ0) is 22.7. The third-order valence-corrected chi connectivity index (χ3v) is 5.92. The van der Waals surface area contributed by atoms with Crippen molar-refractivity contribution in [3.8, 4) is 0 Å². The van der Waals surface area contributed by atoms with E-state index in [0.29, 0.717) is 28.4 Å². The normalized spacial score (nSPS) is 19.4. The number of methoxy groups -OCH3 is 1. The minimum absolute atomic E-state index is 0.316. The molecule has 0 unspecified atom stereocenters. The molecule has 9 heteroatoms. The fraction of sp³-hybridized carbons (Fsp3) is 0.304. The number of carbonyl (C=O) groups excluding carboxylic acids is 2. The Balaban J connectivity index is 1.54. The quantitative estimate of drug-likeness (QED) is 0.674. The Morgan fingerprint density at radius 2 is 1.88 bits per heavy atom. The molecule has 1 atom stereocenters. The molecule has 2 heterocycles.